The van der Waals surface area contributed by atoms with Crippen molar-refractivity contribution < 1.29 is 14.3 Å². The first kappa shape index (κ1) is 19.5. The number of aromatic nitrogens is 1. The molecule has 6 nitrogen and oxygen atoms in total. The zero-order valence-corrected chi connectivity index (χ0v) is 17.5. The molecule has 0 aliphatic carbocycles. The van der Waals surface area contributed by atoms with Crippen LogP contribution >= 0.6 is 23.1 Å². The summed E-state index contributed by atoms with van der Waals surface area (Å²) < 4.78 is 5.55. The fourth-order valence-electron chi connectivity index (χ4n) is 2.89. The summed E-state index contributed by atoms with van der Waals surface area (Å²) in [6.45, 7) is 3.67. The molecule has 0 saturated heterocycles. The van der Waals surface area contributed by atoms with Gasteiger partial charge in [-0.05, 0) is 44.2 Å². The monoisotopic (exact) mass is 425 g/mol. The van der Waals surface area contributed by atoms with Crippen molar-refractivity contribution in [3.05, 3.63) is 64.1 Å². The van der Waals surface area contributed by atoms with E-state index in [-0.39, 0.29) is 11.8 Å². The molecule has 3 aromatic rings. The fraction of sp³-hybridized carbons (Fsp3) is 0.190. The number of thioether (sulfide) groups is 1. The number of thiazole rings is 1. The number of benzene rings is 2. The molecule has 1 unspecified atom stereocenters. The summed E-state index contributed by atoms with van der Waals surface area (Å²) in [5.74, 6) is 0.873. The van der Waals surface area contributed by atoms with E-state index in [4.69, 9.17) is 4.74 Å². The molecule has 8 heteroatoms. The third kappa shape index (κ3) is 4.44. The van der Waals surface area contributed by atoms with Crippen molar-refractivity contribution >= 4 is 46.3 Å². The normalized spacial score (nSPS) is 15.2. The third-order valence-electron chi connectivity index (χ3n) is 4.34. The Morgan fingerprint density at radius 2 is 2.14 bits per heavy atom. The molecule has 4 rings (SSSR count). The van der Waals surface area contributed by atoms with Crippen molar-refractivity contribution in [1.82, 2.24) is 4.98 Å². The van der Waals surface area contributed by atoms with Crippen molar-refractivity contribution in [1.29, 1.82) is 0 Å². The summed E-state index contributed by atoms with van der Waals surface area (Å²) in [7, 11) is 0. The van der Waals surface area contributed by atoms with Crippen LogP contribution in [0.1, 0.15) is 28.0 Å². The van der Waals surface area contributed by atoms with Gasteiger partial charge in [0.2, 0.25) is 0 Å². The summed E-state index contributed by atoms with van der Waals surface area (Å²) >= 11 is 3.20. The maximum Gasteiger partial charge on any atom is 0.265 e. The van der Waals surface area contributed by atoms with Gasteiger partial charge in [0.25, 0.3) is 11.8 Å². The Morgan fingerprint density at radius 3 is 2.93 bits per heavy atom. The molecular weight excluding hydrogens is 406 g/mol. The Morgan fingerprint density at radius 1 is 1.31 bits per heavy atom. The molecule has 29 heavy (non-hydrogen) atoms. The second kappa shape index (κ2) is 8.26. The average Bonchev–Trinajstić information content (AvgIpc) is 3.13. The molecule has 0 bridgehead atoms. The summed E-state index contributed by atoms with van der Waals surface area (Å²) in [6, 6.07) is 12.7. The molecule has 2 amide bonds. The lowest BCUT2D eigenvalue weighted by atomic mass is 10.2. The quantitative estimate of drug-likeness (QED) is 0.579. The van der Waals surface area contributed by atoms with Crippen LogP contribution in [0.2, 0.25) is 0 Å². The van der Waals surface area contributed by atoms with Crippen LogP contribution in [-0.4, -0.2) is 22.9 Å². The number of carbonyl (C=O) groups excluding carboxylic acids is 2. The number of aryl methyl sites for hydroxylation is 1. The number of nitrogens with zero attached hydrogens (tertiary/aromatic N) is 1. The number of ether oxygens (including phenoxy) is 1. The van der Waals surface area contributed by atoms with Gasteiger partial charge in [-0.1, -0.05) is 12.1 Å². The molecular formula is C21H19N3O3S2. The van der Waals surface area contributed by atoms with Gasteiger partial charge in [0.05, 0.1) is 22.0 Å². The van der Waals surface area contributed by atoms with E-state index < -0.39 is 6.10 Å². The van der Waals surface area contributed by atoms with E-state index in [0.29, 0.717) is 28.4 Å². The van der Waals surface area contributed by atoms with Crippen LogP contribution in [0.3, 0.4) is 0 Å². The Bertz CT molecular complexity index is 1080. The molecule has 1 aliphatic rings. The predicted octanol–water partition coefficient (Wildman–Crippen LogP) is 4.72. The highest BCUT2D eigenvalue weighted by molar-refractivity contribution is 7.98. The lowest BCUT2D eigenvalue weighted by molar-refractivity contribution is -0.122. The minimum absolute atomic E-state index is 0.208. The van der Waals surface area contributed by atoms with Crippen molar-refractivity contribution in [3.63, 3.8) is 0 Å². The number of carbonyl (C=O) groups is 2. The van der Waals surface area contributed by atoms with Crippen LogP contribution in [0.5, 0.6) is 5.75 Å². The van der Waals surface area contributed by atoms with Crippen LogP contribution in [0.25, 0.3) is 0 Å². The summed E-state index contributed by atoms with van der Waals surface area (Å²) in [5.41, 5.74) is 2.73. The minimum Gasteiger partial charge on any atom is -0.479 e. The number of nitrogens with one attached hydrogen (secondary N) is 2. The second-order valence-electron chi connectivity index (χ2n) is 6.56. The molecule has 2 N–H and O–H groups in total. The van der Waals surface area contributed by atoms with Gasteiger partial charge in [0, 0.05) is 21.7 Å². The van der Waals surface area contributed by atoms with E-state index >= 15 is 0 Å². The zero-order valence-electron chi connectivity index (χ0n) is 15.9. The Hall–Kier alpha value is -2.84. The van der Waals surface area contributed by atoms with Crippen molar-refractivity contribution in [2.45, 2.75) is 30.6 Å². The number of amides is 2. The predicted molar refractivity (Wildman–Crippen MR) is 116 cm³/mol. The zero-order chi connectivity index (χ0) is 20.4. The highest BCUT2D eigenvalue weighted by Crippen LogP contribution is 2.33. The molecule has 0 spiro atoms. The van der Waals surface area contributed by atoms with Crippen LogP contribution in [0.4, 0.5) is 11.4 Å². The third-order valence-corrected chi connectivity index (χ3v) is 6.27. The Balaban J connectivity index is 1.49. The smallest absolute Gasteiger partial charge is 0.265 e. The number of rotatable bonds is 5. The van der Waals surface area contributed by atoms with Gasteiger partial charge in [-0.25, -0.2) is 4.98 Å². The fourth-order valence-corrected chi connectivity index (χ4v) is 4.55. The van der Waals surface area contributed by atoms with Crippen molar-refractivity contribution in [2.75, 3.05) is 10.6 Å². The van der Waals surface area contributed by atoms with E-state index in [0.717, 1.165) is 15.6 Å². The van der Waals surface area contributed by atoms with Gasteiger partial charge in [-0.15, -0.1) is 23.1 Å². The molecule has 0 fully saturated rings. The molecule has 1 aromatic heterocycles. The first-order valence-corrected chi connectivity index (χ1v) is 10.9. The van der Waals surface area contributed by atoms with Crippen LogP contribution in [-0.2, 0) is 10.5 Å². The number of hydrogen-bond acceptors (Lipinski definition) is 6. The van der Waals surface area contributed by atoms with E-state index in [9.17, 15) is 9.59 Å². The molecule has 148 valence electrons. The van der Waals surface area contributed by atoms with E-state index in [2.05, 4.69) is 15.6 Å². The van der Waals surface area contributed by atoms with Gasteiger partial charge >= 0.3 is 0 Å². The SMILES string of the molecule is Cc1nc(CSc2ccccc2C(=O)Nc2ccc3c(c2)NC(=O)C(C)O3)cs1. The van der Waals surface area contributed by atoms with Gasteiger partial charge in [0.1, 0.15) is 5.75 Å². The molecule has 2 aromatic carbocycles. The van der Waals surface area contributed by atoms with E-state index in [1.54, 1.807) is 54.3 Å². The number of hydrogen-bond donors (Lipinski definition) is 2. The van der Waals surface area contributed by atoms with Crippen molar-refractivity contribution in [3.8, 4) is 5.75 Å². The van der Waals surface area contributed by atoms with Gasteiger partial charge in [0.15, 0.2) is 6.10 Å². The largest absolute Gasteiger partial charge is 0.479 e. The summed E-state index contributed by atoms with van der Waals surface area (Å²) in [4.78, 5) is 30.1. The molecule has 0 radical (unpaired) electrons. The molecule has 1 atom stereocenters. The topological polar surface area (TPSA) is 80.3 Å². The first-order chi connectivity index (χ1) is 14.0. The molecule has 2 heterocycles. The van der Waals surface area contributed by atoms with Crippen LogP contribution < -0.4 is 15.4 Å². The van der Waals surface area contributed by atoms with Crippen LogP contribution in [0.15, 0.2) is 52.7 Å². The highest BCUT2D eigenvalue weighted by atomic mass is 32.2. The van der Waals surface area contributed by atoms with Gasteiger partial charge in [-0.2, -0.15) is 0 Å². The lowest BCUT2D eigenvalue weighted by Gasteiger charge is -2.23. The van der Waals surface area contributed by atoms with E-state index in [1.165, 1.54) is 0 Å². The maximum atomic E-state index is 12.9. The minimum atomic E-state index is -0.534. The Labute approximate surface area is 176 Å². The molecule has 1 aliphatic heterocycles. The molecule has 0 saturated carbocycles. The summed E-state index contributed by atoms with van der Waals surface area (Å²) in [5, 5.41) is 8.76. The lowest BCUT2D eigenvalue weighted by Crippen LogP contribution is -2.34. The van der Waals surface area contributed by atoms with Crippen molar-refractivity contribution in [2.24, 2.45) is 0 Å². The van der Waals surface area contributed by atoms with Crippen LogP contribution in [0, 0.1) is 6.92 Å². The van der Waals surface area contributed by atoms with Gasteiger partial charge < -0.3 is 15.4 Å². The summed E-state index contributed by atoms with van der Waals surface area (Å²) in [6.07, 6.45) is -0.534. The first-order valence-electron chi connectivity index (χ1n) is 9.05. The Kier molecular flexibility index (Phi) is 5.55. The standard InChI is InChI=1S/C21H19N3O3S2/c1-12-20(25)24-17-9-14(7-8-18(17)27-12)23-21(26)16-5-3-4-6-19(16)29-11-15-10-28-13(2)22-15/h3-10,12H,11H2,1-2H3,(H,23,26)(H,24,25). The second-order valence-corrected chi connectivity index (χ2v) is 8.64. The number of anilines is 2. The highest BCUT2D eigenvalue weighted by Gasteiger charge is 2.24. The maximum absolute atomic E-state index is 12.9. The van der Waals surface area contributed by atoms with E-state index in [1.807, 2.05) is 30.5 Å². The number of fused-ring (bicyclic) bond motifs is 1. The van der Waals surface area contributed by atoms with Gasteiger partial charge in [-0.3, -0.25) is 9.59 Å². The average molecular weight is 426 g/mol.